The van der Waals surface area contributed by atoms with Crippen LogP contribution in [0.15, 0.2) is 29.1 Å². The summed E-state index contributed by atoms with van der Waals surface area (Å²) < 4.78 is 13.1. The standard InChI is InChI=1S/C15H15FN2O3/c1-9-12(5-6-14(19)20)15(21)18-13(17-9)8-10-3-2-4-11(16)7-10/h2-4,7H,5-6,8H2,1H3,(H,19,20)(H,17,18,21). The van der Waals surface area contributed by atoms with E-state index in [1.807, 2.05) is 0 Å². The lowest BCUT2D eigenvalue weighted by atomic mass is 10.1. The summed E-state index contributed by atoms with van der Waals surface area (Å²) in [6.45, 7) is 1.67. The summed E-state index contributed by atoms with van der Waals surface area (Å²) >= 11 is 0. The van der Waals surface area contributed by atoms with E-state index in [-0.39, 0.29) is 24.2 Å². The Kier molecular flexibility index (Phi) is 4.47. The van der Waals surface area contributed by atoms with Gasteiger partial charge in [0.05, 0.1) is 0 Å². The minimum absolute atomic E-state index is 0.116. The molecular formula is C15H15FN2O3. The zero-order chi connectivity index (χ0) is 15.4. The molecule has 0 saturated heterocycles. The quantitative estimate of drug-likeness (QED) is 0.880. The molecule has 5 nitrogen and oxygen atoms in total. The van der Waals surface area contributed by atoms with Crippen LogP contribution in [-0.2, 0) is 17.6 Å². The van der Waals surface area contributed by atoms with E-state index < -0.39 is 5.97 Å². The average molecular weight is 290 g/mol. The number of hydrogen-bond donors (Lipinski definition) is 2. The van der Waals surface area contributed by atoms with Gasteiger partial charge in [-0.25, -0.2) is 9.37 Å². The molecule has 0 aliphatic heterocycles. The summed E-state index contributed by atoms with van der Waals surface area (Å²) in [6, 6.07) is 6.07. The van der Waals surface area contributed by atoms with Gasteiger partial charge in [-0.1, -0.05) is 12.1 Å². The summed E-state index contributed by atoms with van der Waals surface area (Å²) in [5, 5.41) is 8.66. The van der Waals surface area contributed by atoms with Crippen molar-refractivity contribution < 1.29 is 14.3 Å². The Morgan fingerprint density at radius 1 is 1.43 bits per heavy atom. The van der Waals surface area contributed by atoms with Crippen molar-refractivity contribution in [2.24, 2.45) is 0 Å². The summed E-state index contributed by atoms with van der Waals surface area (Å²) in [7, 11) is 0. The maximum atomic E-state index is 13.1. The Labute approximate surface area is 120 Å². The molecule has 2 rings (SSSR count). The summed E-state index contributed by atoms with van der Waals surface area (Å²) in [5.74, 6) is -0.871. The summed E-state index contributed by atoms with van der Waals surface area (Å²) in [5.41, 5.74) is 1.25. The second kappa shape index (κ2) is 6.30. The highest BCUT2D eigenvalue weighted by molar-refractivity contribution is 5.67. The van der Waals surface area contributed by atoms with Crippen molar-refractivity contribution >= 4 is 5.97 Å². The highest BCUT2D eigenvalue weighted by atomic mass is 19.1. The fraction of sp³-hybridized carbons (Fsp3) is 0.267. The van der Waals surface area contributed by atoms with Gasteiger partial charge in [0.2, 0.25) is 0 Å². The third-order valence-electron chi connectivity index (χ3n) is 3.12. The SMILES string of the molecule is Cc1nc(Cc2cccc(F)c2)[nH]c(=O)c1CCC(=O)O. The van der Waals surface area contributed by atoms with Gasteiger partial charge in [0.1, 0.15) is 11.6 Å². The largest absolute Gasteiger partial charge is 0.481 e. The molecule has 1 aromatic carbocycles. The van der Waals surface area contributed by atoms with Crippen LogP contribution in [0.3, 0.4) is 0 Å². The molecule has 1 aromatic heterocycles. The number of halogens is 1. The number of carbonyl (C=O) groups is 1. The van der Waals surface area contributed by atoms with Gasteiger partial charge in [0.25, 0.3) is 5.56 Å². The fourth-order valence-electron chi connectivity index (χ4n) is 2.12. The van der Waals surface area contributed by atoms with E-state index in [2.05, 4.69) is 9.97 Å². The van der Waals surface area contributed by atoms with Gasteiger partial charge in [0.15, 0.2) is 0 Å². The maximum Gasteiger partial charge on any atom is 0.303 e. The first-order valence-corrected chi connectivity index (χ1v) is 6.50. The predicted octanol–water partition coefficient (Wildman–Crippen LogP) is 1.83. The van der Waals surface area contributed by atoms with Gasteiger partial charge in [-0.05, 0) is 31.0 Å². The highest BCUT2D eigenvalue weighted by Gasteiger charge is 2.10. The monoisotopic (exact) mass is 290 g/mol. The number of rotatable bonds is 5. The molecule has 0 aliphatic carbocycles. The normalized spacial score (nSPS) is 10.6. The number of H-pyrrole nitrogens is 1. The molecule has 0 amide bonds. The van der Waals surface area contributed by atoms with E-state index in [0.29, 0.717) is 29.1 Å². The molecule has 0 unspecified atom stereocenters. The van der Waals surface area contributed by atoms with E-state index >= 15 is 0 Å². The Hall–Kier alpha value is -2.50. The van der Waals surface area contributed by atoms with Crippen LogP contribution in [0.1, 0.15) is 29.1 Å². The molecule has 21 heavy (non-hydrogen) atoms. The van der Waals surface area contributed by atoms with Crippen LogP contribution < -0.4 is 5.56 Å². The van der Waals surface area contributed by atoms with Crippen LogP contribution in [-0.4, -0.2) is 21.0 Å². The maximum absolute atomic E-state index is 13.1. The zero-order valence-corrected chi connectivity index (χ0v) is 11.5. The van der Waals surface area contributed by atoms with Crippen LogP contribution in [0.25, 0.3) is 0 Å². The number of aromatic amines is 1. The predicted molar refractivity (Wildman–Crippen MR) is 74.8 cm³/mol. The van der Waals surface area contributed by atoms with E-state index in [9.17, 15) is 14.0 Å². The lowest BCUT2D eigenvalue weighted by Crippen LogP contribution is -2.20. The molecule has 0 spiro atoms. The summed E-state index contributed by atoms with van der Waals surface area (Å²) in [4.78, 5) is 29.4. The van der Waals surface area contributed by atoms with Crippen molar-refractivity contribution in [2.75, 3.05) is 0 Å². The van der Waals surface area contributed by atoms with Crippen molar-refractivity contribution in [3.05, 3.63) is 63.1 Å². The third-order valence-corrected chi connectivity index (χ3v) is 3.12. The molecule has 2 aromatic rings. The second-order valence-corrected chi connectivity index (χ2v) is 4.78. The molecule has 0 bridgehead atoms. The second-order valence-electron chi connectivity index (χ2n) is 4.78. The first kappa shape index (κ1) is 14.9. The number of carboxylic acids is 1. The topological polar surface area (TPSA) is 83.0 Å². The van der Waals surface area contributed by atoms with E-state index in [1.54, 1.807) is 19.1 Å². The number of nitrogens with zero attached hydrogens (tertiary/aromatic N) is 1. The number of hydrogen-bond acceptors (Lipinski definition) is 3. The summed E-state index contributed by atoms with van der Waals surface area (Å²) in [6.07, 6.45) is 0.339. The van der Waals surface area contributed by atoms with Crippen molar-refractivity contribution in [2.45, 2.75) is 26.2 Å². The van der Waals surface area contributed by atoms with Crippen molar-refractivity contribution in [3.8, 4) is 0 Å². The molecular weight excluding hydrogens is 275 g/mol. The smallest absolute Gasteiger partial charge is 0.303 e. The number of aromatic nitrogens is 2. The molecule has 1 heterocycles. The zero-order valence-electron chi connectivity index (χ0n) is 11.5. The fourth-order valence-corrected chi connectivity index (χ4v) is 2.12. The van der Waals surface area contributed by atoms with E-state index in [1.165, 1.54) is 12.1 Å². The van der Waals surface area contributed by atoms with Crippen LogP contribution in [0.2, 0.25) is 0 Å². The molecule has 0 saturated carbocycles. The van der Waals surface area contributed by atoms with Gasteiger partial charge in [-0.3, -0.25) is 9.59 Å². The van der Waals surface area contributed by atoms with Crippen LogP contribution >= 0.6 is 0 Å². The number of aryl methyl sites for hydroxylation is 1. The van der Waals surface area contributed by atoms with E-state index in [0.717, 1.165) is 0 Å². The number of carboxylic acid groups (broad SMARTS) is 1. The van der Waals surface area contributed by atoms with Crippen molar-refractivity contribution in [1.29, 1.82) is 0 Å². The Morgan fingerprint density at radius 3 is 2.81 bits per heavy atom. The first-order chi connectivity index (χ1) is 9.95. The van der Waals surface area contributed by atoms with Gasteiger partial charge < -0.3 is 10.1 Å². The highest BCUT2D eigenvalue weighted by Crippen LogP contribution is 2.09. The van der Waals surface area contributed by atoms with Gasteiger partial charge >= 0.3 is 5.97 Å². The molecule has 6 heteroatoms. The molecule has 0 atom stereocenters. The molecule has 110 valence electrons. The first-order valence-electron chi connectivity index (χ1n) is 6.50. The Balaban J connectivity index is 2.23. The van der Waals surface area contributed by atoms with Gasteiger partial charge in [-0.15, -0.1) is 0 Å². The number of nitrogens with one attached hydrogen (secondary N) is 1. The van der Waals surface area contributed by atoms with Crippen molar-refractivity contribution in [3.63, 3.8) is 0 Å². The van der Waals surface area contributed by atoms with Crippen LogP contribution in [0.5, 0.6) is 0 Å². The lowest BCUT2D eigenvalue weighted by Gasteiger charge is -2.06. The Bertz CT molecular complexity index is 725. The minimum atomic E-state index is -0.961. The van der Waals surface area contributed by atoms with Gasteiger partial charge in [-0.2, -0.15) is 0 Å². The van der Waals surface area contributed by atoms with Crippen molar-refractivity contribution in [1.82, 2.24) is 9.97 Å². The molecule has 0 fully saturated rings. The molecule has 2 N–H and O–H groups in total. The van der Waals surface area contributed by atoms with Gasteiger partial charge in [0, 0.05) is 24.1 Å². The molecule has 0 radical (unpaired) electrons. The third kappa shape index (κ3) is 3.98. The minimum Gasteiger partial charge on any atom is -0.481 e. The number of aliphatic carboxylic acids is 1. The molecule has 0 aliphatic rings. The number of benzene rings is 1. The average Bonchev–Trinajstić information content (AvgIpc) is 2.37. The van der Waals surface area contributed by atoms with Crippen LogP contribution in [0, 0.1) is 12.7 Å². The van der Waals surface area contributed by atoms with Crippen LogP contribution in [0.4, 0.5) is 4.39 Å². The Morgan fingerprint density at radius 2 is 2.19 bits per heavy atom. The lowest BCUT2D eigenvalue weighted by molar-refractivity contribution is -0.136. The van der Waals surface area contributed by atoms with E-state index in [4.69, 9.17) is 5.11 Å².